The van der Waals surface area contributed by atoms with Crippen LogP contribution in [0.4, 0.5) is 5.69 Å². The number of carbonyl (C=O) groups excluding carboxylic acids is 2. The second-order valence-electron chi connectivity index (χ2n) is 10.9. The van der Waals surface area contributed by atoms with Crippen LogP contribution in [0, 0.1) is 0 Å². The number of anilines is 1. The summed E-state index contributed by atoms with van der Waals surface area (Å²) in [7, 11) is 0. The third-order valence-electron chi connectivity index (χ3n) is 7.03. The standard InChI is InChI=1S/C29H42N4O3/c1-6-10-20(18-30-5)26(27(35)32-22-11-8-7-9-12-22)33(28(36)25-17-24(34)19-31-25)23-15-13-21(14-16-23)29(2,3)4/h6,10,13-16,18,22,24-26,31,34H,5,7-9,11-12,17,19H2,1-4H3,(H,32,35)/b10-6-,20-18+. The molecule has 2 fully saturated rings. The van der Waals surface area contributed by atoms with Gasteiger partial charge >= 0.3 is 0 Å². The summed E-state index contributed by atoms with van der Waals surface area (Å²) in [5.74, 6) is -0.486. The van der Waals surface area contributed by atoms with Crippen LogP contribution in [0.15, 0.2) is 53.2 Å². The highest BCUT2D eigenvalue weighted by atomic mass is 16.3. The number of aliphatic hydroxyl groups excluding tert-OH is 1. The molecule has 3 N–H and O–H groups in total. The van der Waals surface area contributed by atoms with Gasteiger partial charge in [0.05, 0.1) is 12.1 Å². The third-order valence-corrected chi connectivity index (χ3v) is 7.03. The van der Waals surface area contributed by atoms with Crippen molar-refractivity contribution in [2.24, 2.45) is 4.99 Å². The van der Waals surface area contributed by atoms with Gasteiger partial charge in [-0.25, -0.2) is 0 Å². The van der Waals surface area contributed by atoms with E-state index in [0.29, 0.717) is 24.2 Å². The summed E-state index contributed by atoms with van der Waals surface area (Å²) in [6.45, 7) is 12.2. The normalized spacial score (nSPS) is 22.4. The highest BCUT2D eigenvalue weighted by Gasteiger charge is 2.40. The molecule has 1 heterocycles. The fourth-order valence-corrected chi connectivity index (χ4v) is 5.05. The van der Waals surface area contributed by atoms with E-state index in [1.54, 1.807) is 17.2 Å². The molecule has 196 valence electrons. The molecular weight excluding hydrogens is 452 g/mol. The van der Waals surface area contributed by atoms with Crippen molar-refractivity contribution in [3.8, 4) is 0 Å². The van der Waals surface area contributed by atoms with E-state index in [0.717, 1.165) is 31.2 Å². The van der Waals surface area contributed by atoms with Gasteiger partial charge < -0.3 is 15.7 Å². The smallest absolute Gasteiger partial charge is 0.248 e. The molecule has 7 nitrogen and oxygen atoms in total. The first-order chi connectivity index (χ1) is 17.2. The molecule has 1 saturated heterocycles. The van der Waals surface area contributed by atoms with Crippen LogP contribution in [0.25, 0.3) is 0 Å². The summed E-state index contributed by atoms with van der Waals surface area (Å²) in [4.78, 5) is 33.4. The van der Waals surface area contributed by atoms with Crippen LogP contribution >= 0.6 is 0 Å². The van der Waals surface area contributed by atoms with Crippen LogP contribution in [0.3, 0.4) is 0 Å². The number of aliphatic hydroxyl groups is 1. The molecule has 1 aliphatic heterocycles. The molecule has 0 bridgehead atoms. The number of rotatable bonds is 8. The number of β-amino-alcohol motifs (C(OH)–C–C–N with tert-alkyl or cyclic N) is 1. The molecule has 1 aromatic carbocycles. The number of benzene rings is 1. The molecule has 1 aliphatic carbocycles. The Hall–Kier alpha value is -2.77. The van der Waals surface area contributed by atoms with E-state index >= 15 is 0 Å². The highest BCUT2D eigenvalue weighted by molar-refractivity contribution is 6.05. The maximum absolute atomic E-state index is 14.0. The van der Waals surface area contributed by atoms with Gasteiger partial charge in [0, 0.05) is 30.0 Å². The van der Waals surface area contributed by atoms with Gasteiger partial charge in [0.25, 0.3) is 0 Å². The lowest BCUT2D eigenvalue weighted by atomic mass is 9.87. The number of hydrogen-bond donors (Lipinski definition) is 3. The fraction of sp³-hybridized carbons (Fsp3) is 0.552. The van der Waals surface area contributed by atoms with Gasteiger partial charge in [0.1, 0.15) is 6.04 Å². The lowest BCUT2D eigenvalue weighted by Gasteiger charge is -2.35. The number of carbonyl (C=O) groups is 2. The fourth-order valence-electron chi connectivity index (χ4n) is 5.05. The molecular formula is C29H42N4O3. The van der Waals surface area contributed by atoms with Crippen molar-refractivity contribution < 1.29 is 14.7 Å². The van der Waals surface area contributed by atoms with E-state index < -0.39 is 18.2 Å². The molecule has 36 heavy (non-hydrogen) atoms. The van der Waals surface area contributed by atoms with Gasteiger partial charge in [0.15, 0.2) is 0 Å². The Balaban J connectivity index is 2.09. The first-order valence-electron chi connectivity index (χ1n) is 13.1. The first-order valence-corrected chi connectivity index (χ1v) is 13.1. The van der Waals surface area contributed by atoms with E-state index in [1.165, 1.54) is 6.42 Å². The minimum Gasteiger partial charge on any atom is -0.392 e. The van der Waals surface area contributed by atoms with Gasteiger partial charge in [-0.1, -0.05) is 64.3 Å². The van der Waals surface area contributed by atoms with Crippen molar-refractivity contribution in [2.45, 2.75) is 95.9 Å². The van der Waals surface area contributed by atoms with Crippen LogP contribution in [0.2, 0.25) is 0 Å². The van der Waals surface area contributed by atoms with Crippen molar-refractivity contribution in [1.82, 2.24) is 10.6 Å². The van der Waals surface area contributed by atoms with Crippen LogP contribution in [0.1, 0.15) is 71.8 Å². The van der Waals surface area contributed by atoms with E-state index in [-0.39, 0.29) is 23.3 Å². The first kappa shape index (κ1) is 27.8. The van der Waals surface area contributed by atoms with Gasteiger partial charge in [-0.05, 0) is 56.0 Å². The Morgan fingerprint density at radius 1 is 1.19 bits per heavy atom. The number of amides is 2. The molecule has 7 heteroatoms. The number of allylic oxidation sites excluding steroid dienone is 1. The largest absolute Gasteiger partial charge is 0.392 e. The van der Waals surface area contributed by atoms with E-state index in [4.69, 9.17) is 0 Å². The SMILES string of the molecule is C=N/C=C(\C=C/C)C(C(=O)NC1CCCCC1)N(C(=O)C1CC(O)CN1)c1ccc(C(C)(C)C)cc1. The number of hydrogen-bond acceptors (Lipinski definition) is 5. The molecule has 1 aromatic rings. The summed E-state index contributed by atoms with van der Waals surface area (Å²) in [5, 5.41) is 16.5. The maximum Gasteiger partial charge on any atom is 0.248 e. The molecule has 3 atom stereocenters. The Kier molecular flexibility index (Phi) is 9.63. The van der Waals surface area contributed by atoms with Crippen molar-refractivity contribution in [3.63, 3.8) is 0 Å². The van der Waals surface area contributed by atoms with Crippen molar-refractivity contribution >= 4 is 24.2 Å². The second-order valence-corrected chi connectivity index (χ2v) is 10.9. The highest BCUT2D eigenvalue weighted by Crippen LogP contribution is 2.29. The molecule has 0 radical (unpaired) electrons. The van der Waals surface area contributed by atoms with Gasteiger partial charge in [-0.3, -0.25) is 19.5 Å². The maximum atomic E-state index is 14.0. The molecule has 2 aliphatic rings. The quantitative estimate of drug-likeness (QED) is 0.376. The Bertz CT molecular complexity index is 971. The zero-order valence-corrected chi connectivity index (χ0v) is 22.2. The molecule has 3 rings (SSSR count). The van der Waals surface area contributed by atoms with E-state index in [9.17, 15) is 14.7 Å². The summed E-state index contributed by atoms with van der Waals surface area (Å²) < 4.78 is 0. The topological polar surface area (TPSA) is 94.0 Å². The summed E-state index contributed by atoms with van der Waals surface area (Å²) in [6, 6.07) is 6.39. The van der Waals surface area contributed by atoms with Crippen LogP contribution < -0.4 is 15.5 Å². The molecule has 2 amide bonds. The average Bonchev–Trinajstić information content (AvgIpc) is 3.28. The zero-order chi connectivity index (χ0) is 26.3. The molecule has 1 saturated carbocycles. The number of aliphatic imine (C=N–C) groups is 1. The lowest BCUT2D eigenvalue weighted by Crippen LogP contribution is -2.56. The van der Waals surface area contributed by atoms with E-state index in [2.05, 4.69) is 43.1 Å². The van der Waals surface area contributed by atoms with Crippen molar-refractivity contribution in [1.29, 1.82) is 0 Å². The lowest BCUT2D eigenvalue weighted by molar-refractivity contribution is -0.127. The van der Waals surface area contributed by atoms with Gasteiger partial charge in [0.2, 0.25) is 11.8 Å². The van der Waals surface area contributed by atoms with Crippen molar-refractivity contribution in [3.05, 3.63) is 53.8 Å². The second kappa shape index (κ2) is 12.5. The van der Waals surface area contributed by atoms with Crippen LogP contribution in [-0.4, -0.2) is 54.4 Å². The Morgan fingerprint density at radius 2 is 1.86 bits per heavy atom. The number of nitrogens with zero attached hydrogens (tertiary/aromatic N) is 2. The zero-order valence-electron chi connectivity index (χ0n) is 22.2. The predicted octanol–water partition coefficient (Wildman–Crippen LogP) is 4.02. The third kappa shape index (κ3) is 6.92. The summed E-state index contributed by atoms with van der Waals surface area (Å²) >= 11 is 0. The van der Waals surface area contributed by atoms with E-state index in [1.807, 2.05) is 37.3 Å². The number of nitrogens with one attached hydrogen (secondary N) is 2. The molecule has 0 spiro atoms. The minimum atomic E-state index is -0.929. The molecule has 0 aromatic heterocycles. The monoisotopic (exact) mass is 494 g/mol. The molecule has 3 unspecified atom stereocenters. The average molecular weight is 495 g/mol. The van der Waals surface area contributed by atoms with Crippen LogP contribution in [-0.2, 0) is 15.0 Å². The van der Waals surface area contributed by atoms with Crippen molar-refractivity contribution in [2.75, 3.05) is 11.4 Å². The van der Waals surface area contributed by atoms with Crippen LogP contribution in [0.5, 0.6) is 0 Å². The Labute approximate surface area is 215 Å². The van der Waals surface area contributed by atoms with Gasteiger partial charge in [-0.15, -0.1) is 0 Å². The summed E-state index contributed by atoms with van der Waals surface area (Å²) in [5.41, 5.74) is 2.28. The minimum absolute atomic E-state index is 0.0506. The Morgan fingerprint density at radius 3 is 2.39 bits per heavy atom. The predicted molar refractivity (Wildman–Crippen MR) is 146 cm³/mol. The van der Waals surface area contributed by atoms with Gasteiger partial charge in [-0.2, -0.15) is 0 Å². The summed E-state index contributed by atoms with van der Waals surface area (Å²) in [6.07, 6.45) is 10.1.